The standard InChI is InChI=1S/C18H23N3O4/c1-11(2)14(16-19-12(3)15(20-16)17(22)24-4)21-18(23)25-10-13-8-6-5-7-9-13/h5-9,11,14H,10H2,1-4H3,(H,19,20)(H,21,23)/t14-/m0/s1. The molecule has 0 aliphatic rings. The normalized spacial score (nSPS) is 11.9. The maximum atomic E-state index is 12.1. The number of hydrogen-bond donors (Lipinski definition) is 2. The fourth-order valence-corrected chi connectivity index (χ4v) is 2.37. The van der Waals surface area contributed by atoms with Gasteiger partial charge in [-0.05, 0) is 18.4 Å². The Morgan fingerprint density at radius 2 is 1.92 bits per heavy atom. The summed E-state index contributed by atoms with van der Waals surface area (Å²) < 4.78 is 9.96. The number of benzene rings is 1. The maximum absolute atomic E-state index is 12.1. The molecule has 0 saturated heterocycles. The first kappa shape index (κ1) is 18.5. The molecule has 134 valence electrons. The predicted molar refractivity (Wildman–Crippen MR) is 92.0 cm³/mol. The van der Waals surface area contributed by atoms with E-state index in [1.807, 2.05) is 44.2 Å². The van der Waals surface area contributed by atoms with Gasteiger partial charge in [0.2, 0.25) is 0 Å². The van der Waals surface area contributed by atoms with Crippen molar-refractivity contribution in [3.8, 4) is 0 Å². The zero-order valence-corrected chi connectivity index (χ0v) is 14.8. The maximum Gasteiger partial charge on any atom is 0.408 e. The number of carbonyl (C=O) groups excluding carboxylic acids is 2. The summed E-state index contributed by atoms with van der Waals surface area (Å²) in [6, 6.07) is 9.01. The van der Waals surface area contributed by atoms with Gasteiger partial charge in [0, 0.05) is 5.69 Å². The third-order valence-electron chi connectivity index (χ3n) is 3.73. The second-order valence-corrected chi connectivity index (χ2v) is 6.01. The molecule has 1 aromatic heterocycles. The number of ether oxygens (including phenoxy) is 2. The number of amides is 1. The molecule has 0 fully saturated rings. The van der Waals surface area contributed by atoms with Gasteiger partial charge in [-0.3, -0.25) is 0 Å². The minimum absolute atomic E-state index is 0.0420. The molecular weight excluding hydrogens is 322 g/mol. The Hall–Kier alpha value is -2.83. The van der Waals surface area contributed by atoms with Crippen molar-refractivity contribution in [1.29, 1.82) is 0 Å². The SMILES string of the molecule is COC(=O)c1nc([C@@H](NC(=O)OCc2ccccc2)C(C)C)[nH]c1C. The van der Waals surface area contributed by atoms with Crippen molar-refractivity contribution in [2.75, 3.05) is 7.11 Å². The first-order valence-corrected chi connectivity index (χ1v) is 8.04. The van der Waals surface area contributed by atoms with Crippen molar-refractivity contribution >= 4 is 12.1 Å². The van der Waals surface area contributed by atoms with Crippen LogP contribution < -0.4 is 5.32 Å². The molecule has 7 heteroatoms. The van der Waals surface area contributed by atoms with E-state index >= 15 is 0 Å². The van der Waals surface area contributed by atoms with Crippen LogP contribution in [0.5, 0.6) is 0 Å². The van der Waals surface area contributed by atoms with Crippen LogP contribution in [0, 0.1) is 12.8 Å². The zero-order chi connectivity index (χ0) is 18.4. The number of esters is 1. The zero-order valence-electron chi connectivity index (χ0n) is 14.8. The number of nitrogens with zero attached hydrogens (tertiary/aromatic N) is 1. The van der Waals surface area contributed by atoms with E-state index in [0.29, 0.717) is 11.5 Å². The number of nitrogens with one attached hydrogen (secondary N) is 2. The van der Waals surface area contributed by atoms with E-state index in [2.05, 4.69) is 15.3 Å². The fraction of sp³-hybridized carbons (Fsp3) is 0.389. The van der Waals surface area contributed by atoms with Gasteiger partial charge in [0.15, 0.2) is 5.69 Å². The molecule has 0 saturated carbocycles. The number of methoxy groups -OCH3 is 1. The number of rotatable bonds is 6. The van der Waals surface area contributed by atoms with Crippen LogP contribution >= 0.6 is 0 Å². The number of aromatic nitrogens is 2. The van der Waals surface area contributed by atoms with Crippen LogP contribution in [0.3, 0.4) is 0 Å². The highest BCUT2D eigenvalue weighted by Crippen LogP contribution is 2.21. The molecule has 2 N–H and O–H groups in total. The average Bonchev–Trinajstić information content (AvgIpc) is 2.99. The number of aromatic amines is 1. The summed E-state index contributed by atoms with van der Waals surface area (Å²) in [6.45, 7) is 5.80. The van der Waals surface area contributed by atoms with Crippen LogP contribution in [0.2, 0.25) is 0 Å². The van der Waals surface area contributed by atoms with Gasteiger partial charge in [-0.2, -0.15) is 0 Å². The smallest absolute Gasteiger partial charge is 0.408 e. The van der Waals surface area contributed by atoms with Crippen molar-refractivity contribution in [3.05, 3.63) is 53.1 Å². The molecule has 0 spiro atoms. The molecule has 0 aliphatic carbocycles. The predicted octanol–water partition coefficient (Wildman–Crippen LogP) is 3.13. The fourth-order valence-electron chi connectivity index (χ4n) is 2.37. The Balaban J connectivity index is 2.05. The Bertz CT molecular complexity index is 725. The monoisotopic (exact) mass is 345 g/mol. The molecule has 2 rings (SSSR count). The van der Waals surface area contributed by atoms with E-state index < -0.39 is 18.1 Å². The van der Waals surface area contributed by atoms with Crippen LogP contribution in [-0.2, 0) is 16.1 Å². The molecule has 0 bridgehead atoms. The summed E-state index contributed by atoms with van der Waals surface area (Å²) >= 11 is 0. The van der Waals surface area contributed by atoms with Gasteiger partial charge in [-0.25, -0.2) is 14.6 Å². The lowest BCUT2D eigenvalue weighted by Gasteiger charge is -2.20. The van der Waals surface area contributed by atoms with E-state index in [1.165, 1.54) is 7.11 Å². The Morgan fingerprint density at radius 1 is 1.24 bits per heavy atom. The van der Waals surface area contributed by atoms with Crippen molar-refractivity contribution in [2.24, 2.45) is 5.92 Å². The summed E-state index contributed by atoms with van der Waals surface area (Å²) in [5, 5.41) is 2.79. The number of H-pyrrole nitrogens is 1. The number of aryl methyl sites for hydroxylation is 1. The van der Waals surface area contributed by atoms with Gasteiger partial charge in [0.25, 0.3) is 0 Å². The van der Waals surface area contributed by atoms with Gasteiger partial charge in [-0.15, -0.1) is 0 Å². The largest absolute Gasteiger partial charge is 0.464 e. The number of carbonyl (C=O) groups is 2. The molecule has 0 radical (unpaired) electrons. The topological polar surface area (TPSA) is 93.3 Å². The van der Waals surface area contributed by atoms with E-state index in [4.69, 9.17) is 9.47 Å². The number of imidazole rings is 1. The van der Waals surface area contributed by atoms with Gasteiger partial charge >= 0.3 is 12.1 Å². The Kier molecular flexibility index (Phi) is 6.16. The molecule has 1 atom stereocenters. The Labute approximate surface area is 146 Å². The summed E-state index contributed by atoms with van der Waals surface area (Å²) in [4.78, 5) is 31.1. The van der Waals surface area contributed by atoms with Crippen LogP contribution in [0.1, 0.15) is 47.5 Å². The van der Waals surface area contributed by atoms with Gasteiger partial charge in [0.1, 0.15) is 12.4 Å². The molecule has 0 aliphatic heterocycles. The van der Waals surface area contributed by atoms with E-state index in [9.17, 15) is 9.59 Å². The van der Waals surface area contributed by atoms with Crippen molar-refractivity contribution in [2.45, 2.75) is 33.4 Å². The van der Waals surface area contributed by atoms with Crippen LogP contribution in [-0.4, -0.2) is 29.1 Å². The summed E-state index contributed by atoms with van der Waals surface area (Å²) in [7, 11) is 1.30. The average molecular weight is 345 g/mol. The highest BCUT2D eigenvalue weighted by Gasteiger charge is 2.25. The molecule has 1 aromatic carbocycles. The number of hydrogen-bond acceptors (Lipinski definition) is 5. The van der Waals surface area contributed by atoms with E-state index in [1.54, 1.807) is 6.92 Å². The van der Waals surface area contributed by atoms with E-state index in [-0.39, 0.29) is 18.2 Å². The molecule has 0 unspecified atom stereocenters. The lowest BCUT2D eigenvalue weighted by Crippen LogP contribution is -2.33. The van der Waals surface area contributed by atoms with Crippen LogP contribution in [0.15, 0.2) is 30.3 Å². The summed E-state index contributed by atoms with van der Waals surface area (Å²) in [6.07, 6.45) is -0.545. The quantitative estimate of drug-likeness (QED) is 0.785. The van der Waals surface area contributed by atoms with Gasteiger partial charge in [-0.1, -0.05) is 44.2 Å². The molecule has 7 nitrogen and oxygen atoms in total. The first-order chi connectivity index (χ1) is 11.9. The van der Waals surface area contributed by atoms with Crippen molar-refractivity contribution in [3.63, 3.8) is 0 Å². The van der Waals surface area contributed by atoms with Gasteiger partial charge < -0.3 is 19.8 Å². The van der Waals surface area contributed by atoms with E-state index in [0.717, 1.165) is 5.56 Å². The van der Waals surface area contributed by atoms with Crippen molar-refractivity contribution < 1.29 is 19.1 Å². The highest BCUT2D eigenvalue weighted by molar-refractivity contribution is 5.88. The molecule has 1 heterocycles. The second kappa shape index (κ2) is 8.32. The molecule has 25 heavy (non-hydrogen) atoms. The summed E-state index contributed by atoms with van der Waals surface area (Å²) in [5.41, 5.74) is 1.70. The first-order valence-electron chi connectivity index (χ1n) is 8.04. The molecule has 1 amide bonds. The Morgan fingerprint density at radius 3 is 2.52 bits per heavy atom. The van der Waals surface area contributed by atoms with Gasteiger partial charge in [0.05, 0.1) is 13.2 Å². The lowest BCUT2D eigenvalue weighted by molar-refractivity contribution is 0.0593. The minimum Gasteiger partial charge on any atom is -0.464 e. The third-order valence-corrected chi connectivity index (χ3v) is 3.73. The lowest BCUT2D eigenvalue weighted by atomic mass is 10.0. The number of alkyl carbamates (subject to hydrolysis) is 1. The van der Waals surface area contributed by atoms with Crippen LogP contribution in [0.4, 0.5) is 4.79 Å². The van der Waals surface area contributed by atoms with Crippen molar-refractivity contribution in [1.82, 2.24) is 15.3 Å². The second-order valence-electron chi connectivity index (χ2n) is 6.01. The third kappa shape index (κ3) is 4.82. The summed E-state index contributed by atoms with van der Waals surface area (Å²) in [5.74, 6) is 0.0130. The highest BCUT2D eigenvalue weighted by atomic mass is 16.5. The molecular formula is C18H23N3O4. The minimum atomic E-state index is -0.545. The molecule has 2 aromatic rings. The van der Waals surface area contributed by atoms with Crippen LogP contribution in [0.25, 0.3) is 0 Å².